The third kappa shape index (κ3) is 4.43. The van der Waals surface area contributed by atoms with Crippen molar-refractivity contribution >= 4 is 74.9 Å². The molecule has 0 fully saturated rings. The van der Waals surface area contributed by atoms with Crippen LogP contribution in [0.4, 0.5) is 0 Å². The summed E-state index contributed by atoms with van der Waals surface area (Å²) >= 11 is 1.79. The second-order valence-electron chi connectivity index (χ2n) is 13.2. The Labute approximate surface area is 302 Å². The second kappa shape index (κ2) is 11.4. The lowest BCUT2D eigenvalue weighted by Gasteiger charge is -2.13. The minimum absolute atomic E-state index is 0.643. The van der Waals surface area contributed by atoms with Crippen LogP contribution in [-0.4, -0.2) is 19.5 Å². The zero-order valence-corrected chi connectivity index (χ0v) is 28.7. The smallest absolute Gasteiger partial charge is 0.165 e. The summed E-state index contributed by atoms with van der Waals surface area (Å²) in [5, 5.41) is 9.62. The number of hydrogen-bond donors (Lipinski definition) is 0. The first-order chi connectivity index (χ1) is 25.8. The third-order valence-corrected chi connectivity index (χ3v) is 11.5. The Kier molecular flexibility index (Phi) is 6.39. The first-order valence-corrected chi connectivity index (χ1v) is 18.3. The summed E-state index contributed by atoms with van der Waals surface area (Å²) in [5.41, 5.74) is 6.39. The summed E-state index contributed by atoms with van der Waals surface area (Å²) in [5.74, 6) is 1.97. The van der Waals surface area contributed by atoms with Gasteiger partial charge >= 0.3 is 0 Å². The van der Waals surface area contributed by atoms with Crippen LogP contribution >= 0.6 is 11.3 Å². The van der Waals surface area contributed by atoms with Gasteiger partial charge in [0.05, 0.1) is 11.0 Å². The van der Waals surface area contributed by atoms with E-state index in [1.165, 1.54) is 52.8 Å². The Morgan fingerprint density at radius 2 is 0.942 bits per heavy atom. The number of aromatic nitrogens is 4. The molecule has 4 nitrogen and oxygen atoms in total. The second-order valence-corrected chi connectivity index (χ2v) is 14.2. The molecule has 5 heteroatoms. The van der Waals surface area contributed by atoms with Crippen molar-refractivity contribution in [2.45, 2.75) is 0 Å². The van der Waals surface area contributed by atoms with Crippen LogP contribution in [0.1, 0.15) is 0 Å². The van der Waals surface area contributed by atoms with Gasteiger partial charge in [0.2, 0.25) is 0 Å². The minimum atomic E-state index is 0.643. The monoisotopic (exact) mass is 680 g/mol. The third-order valence-electron chi connectivity index (χ3n) is 10.3. The van der Waals surface area contributed by atoms with E-state index < -0.39 is 0 Å². The molecule has 0 aliphatic heterocycles. The van der Waals surface area contributed by atoms with E-state index in [-0.39, 0.29) is 0 Å². The molecule has 0 N–H and O–H groups in total. The molecular formula is C47H28N4S. The van der Waals surface area contributed by atoms with Crippen molar-refractivity contribution in [1.82, 2.24) is 19.5 Å². The molecule has 0 saturated carbocycles. The van der Waals surface area contributed by atoms with Gasteiger partial charge in [0, 0.05) is 58.7 Å². The van der Waals surface area contributed by atoms with E-state index in [1.54, 1.807) is 11.3 Å². The van der Waals surface area contributed by atoms with E-state index in [2.05, 4.69) is 174 Å². The van der Waals surface area contributed by atoms with Gasteiger partial charge in [-0.1, -0.05) is 121 Å². The van der Waals surface area contributed by atoms with Crippen molar-refractivity contribution in [3.63, 3.8) is 0 Å². The molecule has 3 heterocycles. The lowest BCUT2D eigenvalue weighted by molar-refractivity contribution is 1.08. The number of para-hydroxylation sites is 2. The van der Waals surface area contributed by atoms with Gasteiger partial charge in [-0.2, -0.15) is 0 Å². The molecule has 8 aromatic carbocycles. The van der Waals surface area contributed by atoms with Crippen LogP contribution in [0, 0.1) is 0 Å². The van der Waals surface area contributed by atoms with Crippen LogP contribution in [0.5, 0.6) is 0 Å². The highest BCUT2D eigenvalue weighted by molar-refractivity contribution is 7.26. The van der Waals surface area contributed by atoms with Gasteiger partial charge in [-0.15, -0.1) is 11.3 Å². The molecule has 0 unspecified atom stereocenters. The van der Waals surface area contributed by atoms with Crippen molar-refractivity contribution in [3.05, 3.63) is 170 Å². The zero-order chi connectivity index (χ0) is 34.2. The summed E-state index contributed by atoms with van der Waals surface area (Å²) in [7, 11) is 0. The maximum atomic E-state index is 5.28. The molecule has 0 radical (unpaired) electrons. The van der Waals surface area contributed by atoms with Crippen LogP contribution in [-0.2, 0) is 0 Å². The largest absolute Gasteiger partial charge is 0.309 e. The average molecular weight is 681 g/mol. The van der Waals surface area contributed by atoms with Gasteiger partial charge in [0.25, 0.3) is 0 Å². The summed E-state index contributed by atoms with van der Waals surface area (Å²) in [6, 6.07) is 60.2. The fourth-order valence-corrected chi connectivity index (χ4v) is 9.09. The van der Waals surface area contributed by atoms with Gasteiger partial charge in [0.1, 0.15) is 0 Å². The number of hydrogen-bond acceptors (Lipinski definition) is 4. The summed E-state index contributed by atoms with van der Waals surface area (Å²) in [6.07, 6.45) is 0. The van der Waals surface area contributed by atoms with Crippen LogP contribution in [0.15, 0.2) is 170 Å². The number of rotatable bonds is 4. The Morgan fingerprint density at radius 3 is 1.73 bits per heavy atom. The fraction of sp³-hybridized carbons (Fsp3) is 0. The van der Waals surface area contributed by atoms with Crippen molar-refractivity contribution in [1.29, 1.82) is 0 Å². The highest BCUT2D eigenvalue weighted by Crippen LogP contribution is 2.41. The standard InChI is InChI=1S/C47H28N4S/c1-2-13-33-29(11-1)23-24-30-12-9-18-38(43(30)33)46-48-45(49-47(50-46)39-19-10-17-37-36-16-5-8-22-42(36)52-44(37)39)31-25-27-32(28-26-31)51-40-20-6-3-14-34(40)35-15-4-7-21-41(35)51/h1-28H. The quantitative estimate of drug-likeness (QED) is 0.174. The summed E-state index contributed by atoms with van der Waals surface area (Å²) < 4.78 is 4.76. The first-order valence-electron chi connectivity index (χ1n) is 17.5. The molecule has 0 amide bonds. The molecule has 0 saturated heterocycles. The SMILES string of the molecule is c1ccc2c(c1)ccc1cccc(-c3nc(-c4ccc(-n5c6ccccc6c6ccccc65)cc4)nc(-c4cccc5c4sc4ccccc45)n3)c12. The molecule has 242 valence electrons. The Hall–Kier alpha value is -6.69. The molecule has 0 aliphatic rings. The molecule has 11 rings (SSSR count). The van der Waals surface area contributed by atoms with E-state index in [1.807, 2.05) is 0 Å². The number of thiophene rings is 1. The molecule has 0 spiro atoms. The van der Waals surface area contributed by atoms with Crippen LogP contribution in [0.3, 0.4) is 0 Å². The van der Waals surface area contributed by atoms with Gasteiger partial charge in [-0.3, -0.25) is 0 Å². The predicted molar refractivity (Wildman–Crippen MR) is 218 cm³/mol. The summed E-state index contributed by atoms with van der Waals surface area (Å²) in [4.78, 5) is 15.8. The molecule has 52 heavy (non-hydrogen) atoms. The highest BCUT2D eigenvalue weighted by Gasteiger charge is 2.19. The minimum Gasteiger partial charge on any atom is -0.309 e. The van der Waals surface area contributed by atoms with Crippen LogP contribution in [0.2, 0.25) is 0 Å². The van der Waals surface area contributed by atoms with Gasteiger partial charge < -0.3 is 4.57 Å². The normalized spacial score (nSPS) is 11.8. The number of benzene rings is 8. The van der Waals surface area contributed by atoms with Crippen LogP contribution in [0.25, 0.3) is 103 Å². The van der Waals surface area contributed by atoms with Crippen LogP contribution < -0.4 is 0 Å². The lowest BCUT2D eigenvalue weighted by atomic mass is 9.97. The molecular weight excluding hydrogens is 653 g/mol. The molecule has 0 aliphatic carbocycles. The van der Waals surface area contributed by atoms with Gasteiger partial charge in [-0.05, 0) is 64.7 Å². The van der Waals surface area contributed by atoms with E-state index in [4.69, 9.17) is 15.0 Å². The van der Waals surface area contributed by atoms with Crippen molar-refractivity contribution in [3.8, 4) is 39.9 Å². The predicted octanol–water partition coefficient (Wildman–Crippen LogP) is 12.6. The average Bonchev–Trinajstić information content (AvgIpc) is 3.76. The van der Waals surface area contributed by atoms with E-state index in [0.717, 1.165) is 33.2 Å². The Morgan fingerprint density at radius 1 is 0.385 bits per heavy atom. The number of nitrogens with zero attached hydrogens (tertiary/aromatic N) is 4. The maximum Gasteiger partial charge on any atom is 0.165 e. The van der Waals surface area contributed by atoms with Gasteiger partial charge in [0.15, 0.2) is 17.5 Å². The van der Waals surface area contributed by atoms with Crippen molar-refractivity contribution in [2.24, 2.45) is 0 Å². The molecule has 0 atom stereocenters. The topological polar surface area (TPSA) is 43.6 Å². The van der Waals surface area contributed by atoms with E-state index in [0.29, 0.717) is 17.5 Å². The Balaban J connectivity index is 1.14. The summed E-state index contributed by atoms with van der Waals surface area (Å²) in [6.45, 7) is 0. The molecule has 0 bridgehead atoms. The van der Waals surface area contributed by atoms with Crippen molar-refractivity contribution in [2.75, 3.05) is 0 Å². The zero-order valence-electron chi connectivity index (χ0n) is 27.9. The first kappa shape index (κ1) is 29.1. The van der Waals surface area contributed by atoms with E-state index in [9.17, 15) is 0 Å². The lowest BCUT2D eigenvalue weighted by Crippen LogP contribution is -2.01. The highest BCUT2D eigenvalue weighted by atomic mass is 32.1. The van der Waals surface area contributed by atoms with E-state index >= 15 is 0 Å². The van der Waals surface area contributed by atoms with Crippen molar-refractivity contribution < 1.29 is 0 Å². The maximum absolute atomic E-state index is 5.28. The fourth-order valence-electron chi connectivity index (χ4n) is 7.88. The van der Waals surface area contributed by atoms with Gasteiger partial charge in [-0.25, -0.2) is 15.0 Å². The number of fused-ring (bicyclic) bond motifs is 9. The Bertz CT molecular complexity index is 3140. The molecule has 11 aromatic rings. The molecule has 3 aromatic heterocycles.